The van der Waals surface area contributed by atoms with E-state index in [1.165, 1.54) is 17.0 Å². The van der Waals surface area contributed by atoms with Crippen LogP contribution in [0.15, 0.2) is 77.7 Å². The summed E-state index contributed by atoms with van der Waals surface area (Å²) in [6, 6.07) is 18.9. The molecule has 0 unspecified atom stereocenters. The molecule has 0 aromatic heterocycles. The lowest BCUT2D eigenvalue weighted by Gasteiger charge is -2.33. The van der Waals surface area contributed by atoms with E-state index in [1.54, 1.807) is 74.5 Å². The average Bonchev–Trinajstić information content (AvgIpc) is 2.92. The van der Waals surface area contributed by atoms with E-state index in [0.29, 0.717) is 26.9 Å². The standard InChI is InChI=1S/C29H33Cl2N3O4S/c1-5-21(3)32-29(36)22(4)33(18-23-15-16-25(30)26(31)17-23)28(35)19-34(27-14-10-9-11-20(27)2)39(37,38)24-12-7-6-8-13-24/h6-17,21-22H,5,18-19H2,1-4H3,(H,32,36)/t21-,22-/m0/s1. The van der Waals surface area contributed by atoms with Gasteiger partial charge in [0.1, 0.15) is 12.6 Å². The van der Waals surface area contributed by atoms with Gasteiger partial charge in [0.15, 0.2) is 0 Å². The number of carbonyl (C=O) groups is 2. The van der Waals surface area contributed by atoms with Crippen LogP contribution in [0.5, 0.6) is 0 Å². The summed E-state index contributed by atoms with van der Waals surface area (Å²) >= 11 is 12.3. The van der Waals surface area contributed by atoms with Crippen LogP contribution < -0.4 is 9.62 Å². The number of carbonyl (C=O) groups excluding carboxylic acids is 2. The molecule has 3 aromatic rings. The summed E-state index contributed by atoms with van der Waals surface area (Å²) in [6.45, 7) is 6.74. The van der Waals surface area contributed by atoms with Crippen molar-refractivity contribution in [3.05, 3.63) is 94.0 Å². The van der Waals surface area contributed by atoms with Crippen LogP contribution in [-0.2, 0) is 26.2 Å². The second-order valence-corrected chi connectivity index (χ2v) is 12.1. The van der Waals surface area contributed by atoms with Crippen molar-refractivity contribution in [2.75, 3.05) is 10.8 Å². The highest BCUT2D eigenvalue weighted by atomic mass is 35.5. The van der Waals surface area contributed by atoms with Crippen molar-refractivity contribution in [2.24, 2.45) is 0 Å². The maximum atomic E-state index is 14.0. The molecule has 0 aliphatic rings. The highest BCUT2D eigenvalue weighted by Crippen LogP contribution is 2.28. The van der Waals surface area contributed by atoms with Crippen molar-refractivity contribution < 1.29 is 18.0 Å². The number of nitrogens with one attached hydrogen (secondary N) is 1. The van der Waals surface area contributed by atoms with Gasteiger partial charge >= 0.3 is 0 Å². The highest BCUT2D eigenvalue weighted by molar-refractivity contribution is 7.92. The third-order valence-corrected chi connectivity index (χ3v) is 9.01. The van der Waals surface area contributed by atoms with Gasteiger partial charge in [-0.05, 0) is 68.7 Å². The lowest BCUT2D eigenvalue weighted by Crippen LogP contribution is -2.52. The van der Waals surface area contributed by atoms with Crippen LogP contribution in [0.25, 0.3) is 0 Å². The van der Waals surface area contributed by atoms with Gasteiger partial charge in [0, 0.05) is 12.6 Å². The minimum Gasteiger partial charge on any atom is -0.352 e. The second kappa shape index (κ2) is 13.3. The lowest BCUT2D eigenvalue weighted by atomic mass is 10.1. The molecule has 0 aliphatic heterocycles. The van der Waals surface area contributed by atoms with Crippen LogP contribution >= 0.6 is 23.2 Å². The Kier molecular flexibility index (Phi) is 10.4. The number of anilines is 1. The predicted molar refractivity (Wildman–Crippen MR) is 157 cm³/mol. The van der Waals surface area contributed by atoms with Crippen LogP contribution in [0.1, 0.15) is 38.3 Å². The normalized spacial score (nSPS) is 12.9. The Hall–Kier alpha value is -3.07. The molecule has 1 N–H and O–H groups in total. The highest BCUT2D eigenvalue weighted by Gasteiger charge is 2.33. The van der Waals surface area contributed by atoms with E-state index in [4.69, 9.17) is 23.2 Å². The molecule has 208 valence electrons. The zero-order valence-electron chi connectivity index (χ0n) is 22.4. The van der Waals surface area contributed by atoms with Crippen LogP contribution in [0, 0.1) is 6.92 Å². The first-order valence-electron chi connectivity index (χ1n) is 12.6. The molecule has 0 fully saturated rings. The molecular formula is C29H33Cl2N3O4S. The summed E-state index contributed by atoms with van der Waals surface area (Å²) in [5.41, 5.74) is 1.71. The Morgan fingerprint density at radius 3 is 2.18 bits per heavy atom. The van der Waals surface area contributed by atoms with Gasteiger partial charge in [0.05, 0.1) is 20.6 Å². The zero-order valence-corrected chi connectivity index (χ0v) is 24.7. The fourth-order valence-electron chi connectivity index (χ4n) is 3.96. The summed E-state index contributed by atoms with van der Waals surface area (Å²) < 4.78 is 28.7. The van der Waals surface area contributed by atoms with Gasteiger partial charge in [0.25, 0.3) is 10.0 Å². The number of rotatable bonds is 11. The van der Waals surface area contributed by atoms with Crippen molar-refractivity contribution in [1.29, 1.82) is 0 Å². The Labute approximate surface area is 240 Å². The smallest absolute Gasteiger partial charge is 0.264 e. The van der Waals surface area contributed by atoms with E-state index in [-0.39, 0.29) is 23.4 Å². The fraction of sp³-hybridized carbons (Fsp3) is 0.310. The summed E-state index contributed by atoms with van der Waals surface area (Å²) in [7, 11) is -4.11. The molecule has 0 heterocycles. The van der Waals surface area contributed by atoms with Gasteiger partial charge in [-0.2, -0.15) is 0 Å². The third kappa shape index (κ3) is 7.53. The minimum absolute atomic E-state index is 0.0256. The largest absolute Gasteiger partial charge is 0.352 e. The van der Waals surface area contributed by atoms with Gasteiger partial charge in [0.2, 0.25) is 11.8 Å². The molecule has 0 radical (unpaired) electrons. The van der Waals surface area contributed by atoms with Gasteiger partial charge in [-0.15, -0.1) is 0 Å². The molecule has 0 saturated heterocycles. The molecule has 10 heteroatoms. The van der Waals surface area contributed by atoms with Crippen LogP contribution in [0.4, 0.5) is 5.69 Å². The zero-order chi connectivity index (χ0) is 28.7. The number of hydrogen-bond donors (Lipinski definition) is 1. The molecule has 39 heavy (non-hydrogen) atoms. The molecular weight excluding hydrogens is 557 g/mol. The van der Waals surface area contributed by atoms with E-state index in [0.717, 1.165) is 10.7 Å². The van der Waals surface area contributed by atoms with E-state index in [9.17, 15) is 18.0 Å². The van der Waals surface area contributed by atoms with Gasteiger partial charge in [-0.1, -0.05) is 72.6 Å². The fourth-order valence-corrected chi connectivity index (χ4v) is 5.78. The maximum Gasteiger partial charge on any atom is 0.264 e. The Balaban J connectivity index is 2.04. The molecule has 3 rings (SSSR count). The first-order valence-corrected chi connectivity index (χ1v) is 14.8. The Morgan fingerprint density at radius 1 is 0.923 bits per heavy atom. The molecule has 0 saturated carbocycles. The number of amides is 2. The third-order valence-electron chi connectivity index (χ3n) is 6.50. The Morgan fingerprint density at radius 2 is 1.56 bits per heavy atom. The van der Waals surface area contributed by atoms with Crippen LogP contribution in [0.2, 0.25) is 10.0 Å². The van der Waals surface area contributed by atoms with Gasteiger partial charge in [-0.3, -0.25) is 13.9 Å². The van der Waals surface area contributed by atoms with E-state index >= 15 is 0 Å². The van der Waals surface area contributed by atoms with Crippen molar-refractivity contribution in [1.82, 2.24) is 10.2 Å². The number of hydrogen-bond acceptors (Lipinski definition) is 4. The quantitative estimate of drug-likeness (QED) is 0.305. The van der Waals surface area contributed by atoms with Gasteiger partial charge in [-0.25, -0.2) is 8.42 Å². The van der Waals surface area contributed by atoms with Crippen molar-refractivity contribution in [3.8, 4) is 0 Å². The molecule has 7 nitrogen and oxygen atoms in total. The SMILES string of the molecule is CC[C@H](C)NC(=O)[C@H](C)N(Cc1ccc(Cl)c(Cl)c1)C(=O)CN(c1ccccc1C)S(=O)(=O)c1ccccc1. The molecule has 2 amide bonds. The van der Waals surface area contributed by atoms with Crippen molar-refractivity contribution in [2.45, 2.75) is 57.6 Å². The number of para-hydroxylation sites is 1. The number of nitrogens with zero attached hydrogens (tertiary/aromatic N) is 2. The van der Waals surface area contributed by atoms with E-state index in [2.05, 4.69) is 5.32 Å². The summed E-state index contributed by atoms with van der Waals surface area (Å²) in [6.07, 6.45) is 0.718. The van der Waals surface area contributed by atoms with Crippen LogP contribution in [-0.4, -0.2) is 43.8 Å². The Bertz CT molecular complexity index is 1420. The molecule has 2 atom stereocenters. The number of sulfonamides is 1. The van der Waals surface area contributed by atoms with E-state index in [1.807, 2.05) is 13.8 Å². The first-order chi connectivity index (χ1) is 18.4. The number of benzene rings is 3. The van der Waals surface area contributed by atoms with Crippen molar-refractivity contribution >= 4 is 50.7 Å². The average molecular weight is 591 g/mol. The first kappa shape index (κ1) is 30.5. The predicted octanol–water partition coefficient (Wildman–Crippen LogP) is 5.83. The van der Waals surface area contributed by atoms with E-state index < -0.39 is 28.5 Å². The maximum absolute atomic E-state index is 14.0. The molecule has 3 aromatic carbocycles. The van der Waals surface area contributed by atoms with Crippen molar-refractivity contribution in [3.63, 3.8) is 0 Å². The lowest BCUT2D eigenvalue weighted by molar-refractivity contribution is -0.139. The number of aryl methyl sites for hydroxylation is 1. The number of halogens is 2. The second-order valence-electron chi connectivity index (χ2n) is 9.38. The molecule has 0 bridgehead atoms. The van der Waals surface area contributed by atoms with Gasteiger partial charge < -0.3 is 10.2 Å². The minimum atomic E-state index is -4.11. The molecule has 0 spiro atoms. The monoisotopic (exact) mass is 589 g/mol. The summed E-state index contributed by atoms with van der Waals surface area (Å²) in [5.74, 6) is -0.887. The topological polar surface area (TPSA) is 86.8 Å². The summed E-state index contributed by atoms with van der Waals surface area (Å²) in [4.78, 5) is 28.5. The molecule has 0 aliphatic carbocycles. The summed E-state index contributed by atoms with van der Waals surface area (Å²) in [5, 5.41) is 3.58. The van der Waals surface area contributed by atoms with Crippen LogP contribution in [0.3, 0.4) is 0 Å².